The quantitative estimate of drug-likeness (QED) is 0.795. The van der Waals surface area contributed by atoms with Crippen LogP contribution in [-0.4, -0.2) is 25.7 Å². The zero-order chi connectivity index (χ0) is 14.5. The van der Waals surface area contributed by atoms with Crippen molar-refractivity contribution in [3.63, 3.8) is 0 Å². The molecule has 0 aliphatic carbocycles. The lowest BCUT2D eigenvalue weighted by Gasteiger charge is -2.16. The van der Waals surface area contributed by atoms with Gasteiger partial charge in [-0.2, -0.15) is 0 Å². The number of fused-ring (bicyclic) bond motifs is 1. The number of nitrogens with two attached hydrogens (primary N) is 1. The molecule has 0 radical (unpaired) electrons. The van der Waals surface area contributed by atoms with E-state index in [2.05, 4.69) is 12.2 Å². The van der Waals surface area contributed by atoms with Gasteiger partial charge >= 0.3 is 0 Å². The number of hydrogen-bond acceptors (Lipinski definition) is 4. The number of ether oxygens (including phenoxy) is 1. The molecule has 5 nitrogen and oxygen atoms in total. The highest BCUT2D eigenvalue weighted by molar-refractivity contribution is 5.96. The van der Waals surface area contributed by atoms with E-state index in [1.54, 1.807) is 31.4 Å². The van der Waals surface area contributed by atoms with E-state index in [1.165, 1.54) is 0 Å². The Hall–Kier alpha value is -2.01. The van der Waals surface area contributed by atoms with Crippen LogP contribution in [0.4, 0.5) is 5.69 Å². The zero-order valence-electron chi connectivity index (χ0n) is 11.8. The predicted molar refractivity (Wildman–Crippen MR) is 78.7 cm³/mol. The van der Waals surface area contributed by atoms with Gasteiger partial charge in [-0.25, -0.2) is 0 Å². The maximum atomic E-state index is 12.2. The molecule has 108 valence electrons. The molecule has 1 amide bonds. The fourth-order valence-corrected chi connectivity index (χ4v) is 2.18. The second-order valence-corrected chi connectivity index (χ2v) is 4.82. The van der Waals surface area contributed by atoms with E-state index < -0.39 is 0 Å². The minimum Gasteiger partial charge on any atom is -0.451 e. The smallest absolute Gasteiger partial charge is 0.287 e. The van der Waals surface area contributed by atoms with Crippen molar-refractivity contribution in [2.24, 2.45) is 0 Å². The normalized spacial score (nSPS) is 12.5. The molecule has 5 heteroatoms. The summed E-state index contributed by atoms with van der Waals surface area (Å²) in [6.45, 7) is 2.56. The van der Waals surface area contributed by atoms with Crippen molar-refractivity contribution in [3.05, 3.63) is 30.0 Å². The summed E-state index contributed by atoms with van der Waals surface area (Å²) in [6.07, 6.45) is 1.84. The van der Waals surface area contributed by atoms with Crippen LogP contribution in [0.3, 0.4) is 0 Å². The van der Waals surface area contributed by atoms with Crippen molar-refractivity contribution < 1.29 is 13.9 Å². The van der Waals surface area contributed by atoms with Gasteiger partial charge in [-0.05, 0) is 30.7 Å². The number of benzene rings is 1. The Kier molecular flexibility index (Phi) is 4.63. The molecule has 2 rings (SSSR count). The molecule has 1 aromatic heterocycles. The third-order valence-electron chi connectivity index (χ3n) is 3.10. The fourth-order valence-electron chi connectivity index (χ4n) is 2.18. The van der Waals surface area contributed by atoms with Gasteiger partial charge in [-0.1, -0.05) is 13.3 Å². The van der Waals surface area contributed by atoms with Crippen LogP contribution in [0.2, 0.25) is 0 Å². The molecule has 1 aromatic carbocycles. The summed E-state index contributed by atoms with van der Waals surface area (Å²) in [7, 11) is 1.62. The first kappa shape index (κ1) is 14.4. The van der Waals surface area contributed by atoms with E-state index in [0.29, 0.717) is 23.6 Å². The van der Waals surface area contributed by atoms with Crippen LogP contribution in [0.1, 0.15) is 30.3 Å². The molecular formula is C15H20N2O3. The molecule has 1 unspecified atom stereocenters. The van der Waals surface area contributed by atoms with Crippen molar-refractivity contribution in [2.75, 3.05) is 19.5 Å². The Balaban J connectivity index is 2.13. The number of anilines is 1. The SMILES string of the molecule is CCCC(COC)NC(=O)c1cc2cc(N)ccc2o1. The third-order valence-corrected chi connectivity index (χ3v) is 3.10. The lowest BCUT2D eigenvalue weighted by molar-refractivity contribution is 0.0866. The minimum atomic E-state index is -0.227. The molecule has 1 atom stereocenters. The summed E-state index contributed by atoms with van der Waals surface area (Å²) >= 11 is 0. The van der Waals surface area contributed by atoms with Crippen LogP contribution in [0.15, 0.2) is 28.7 Å². The van der Waals surface area contributed by atoms with Crippen molar-refractivity contribution in [3.8, 4) is 0 Å². The lowest BCUT2D eigenvalue weighted by atomic mass is 10.1. The molecule has 0 saturated carbocycles. The van der Waals surface area contributed by atoms with Gasteiger partial charge in [-0.15, -0.1) is 0 Å². The number of carbonyl (C=O) groups is 1. The average molecular weight is 276 g/mol. The van der Waals surface area contributed by atoms with Crippen LogP contribution in [-0.2, 0) is 4.74 Å². The number of carbonyl (C=O) groups excluding carboxylic acids is 1. The fraction of sp³-hybridized carbons (Fsp3) is 0.400. The van der Waals surface area contributed by atoms with E-state index in [4.69, 9.17) is 14.9 Å². The maximum absolute atomic E-state index is 12.2. The van der Waals surface area contributed by atoms with E-state index in [9.17, 15) is 4.79 Å². The largest absolute Gasteiger partial charge is 0.451 e. The maximum Gasteiger partial charge on any atom is 0.287 e. The summed E-state index contributed by atoms with van der Waals surface area (Å²) in [5.41, 5.74) is 7.01. The van der Waals surface area contributed by atoms with Gasteiger partial charge in [0, 0.05) is 18.2 Å². The monoisotopic (exact) mass is 276 g/mol. The number of furan rings is 1. The van der Waals surface area contributed by atoms with Gasteiger partial charge in [0.25, 0.3) is 5.91 Å². The van der Waals surface area contributed by atoms with Gasteiger partial charge in [0.2, 0.25) is 0 Å². The molecule has 0 saturated heterocycles. The van der Waals surface area contributed by atoms with Crippen molar-refractivity contribution in [1.82, 2.24) is 5.32 Å². The van der Waals surface area contributed by atoms with Crippen LogP contribution < -0.4 is 11.1 Å². The van der Waals surface area contributed by atoms with E-state index in [-0.39, 0.29) is 11.9 Å². The molecule has 1 heterocycles. The summed E-state index contributed by atoms with van der Waals surface area (Å²) < 4.78 is 10.6. The Morgan fingerprint density at radius 3 is 2.95 bits per heavy atom. The highest BCUT2D eigenvalue weighted by atomic mass is 16.5. The number of rotatable bonds is 6. The summed E-state index contributed by atoms with van der Waals surface area (Å²) in [5.74, 6) is 0.0677. The second kappa shape index (κ2) is 6.43. The van der Waals surface area contributed by atoms with E-state index >= 15 is 0 Å². The Morgan fingerprint density at radius 2 is 2.25 bits per heavy atom. The lowest BCUT2D eigenvalue weighted by Crippen LogP contribution is -2.37. The van der Waals surface area contributed by atoms with E-state index in [1.807, 2.05) is 0 Å². The second-order valence-electron chi connectivity index (χ2n) is 4.82. The molecule has 0 aliphatic rings. The molecule has 20 heavy (non-hydrogen) atoms. The van der Waals surface area contributed by atoms with Gasteiger partial charge in [0.05, 0.1) is 12.6 Å². The Bertz CT molecular complexity index is 586. The topological polar surface area (TPSA) is 77.5 Å². The number of hydrogen-bond donors (Lipinski definition) is 2. The Labute approximate surface area is 118 Å². The summed E-state index contributed by atoms with van der Waals surface area (Å²) in [6, 6.07) is 7.00. The summed E-state index contributed by atoms with van der Waals surface area (Å²) in [4.78, 5) is 12.2. The number of methoxy groups -OCH3 is 1. The van der Waals surface area contributed by atoms with Gasteiger partial charge in [-0.3, -0.25) is 4.79 Å². The highest BCUT2D eigenvalue weighted by Crippen LogP contribution is 2.21. The van der Waals surface area contributed by atoms with Gasteiger partial charge in [0.15, 0.2) is 5.76 Å². The molecule has 0 fully saturated rings. The molecule has 0 aliphatic heterocycles. The van der Waals surface area contributed by atoms with Crippen LogP contribution in [0.25, 0.3) is 11.0 Å². The molecule has 3 N–H and O–H groups in total. The number of amides is 1. The summed E-state index contributed by atoms with van der Waals surface area (Å²) in [5, 5.41) is 3.75. The number of nitrogen functional groups attached to an aromatic ring is 1. The van der Waals surface area contributed by atoms with Crippen LogP contribution >= 0.6 is 0 Å². The number of nitrogens with one attached hydrogen (secondary N) is 1. The van der Waals surface area contributed by atoms with Crippen molar-refractivity contribution in [2.45, 2.75) is 25.8 Å². The molecule has 2 aromatic rings. The van der Waals surface area contributed by atoms with Crippen molar-refractivity contribution >= 4 is 22.6 Å². The molecule has 0 spiro atoms. The minimum absolute atomic E-state index is 0.00391. The Morgan fingerprint density at radius 1 is 1.45 bits per heavy atom. The van der Waals surface area contributed by atoms with Gasteiger partial charge in [0.1, 0.15) is 5.58 Å². The third kappa shape index (κ3) is 3.30. The first-order chi connectivity index (χ1) is 9.63. The van der Waals surface area contributed by atoms with Gasteiger partial charge < -0.3 is 20.2 Å². The average Bonchev–Trinajstić information content (AvgIpc) is 2.82. The molecule has 0 bridgehead atoms. The van der Waals surface area contributed by atoms with Crippen LogP contribution in [0.5, 0.6) is 0 Å². The highest BCUT2D eigenvalue weighted by Gasteiger charge is 2.16. The van der Waals surface area contributed by atoms with Crippen LogP contribution in [0, 0.1) is 0 Å². The zero-order valence-corrected chi connectivity index (χ0v) is 11.8. The van der Waals surface area contributed by atoms with Crippen molar-refractivity contribution in [1.29, 1.82) is 0 Å². The van der Waals surface area contributed by atoms with E-state index in [0.717, 1.165) is 18.2 Å². The first-order valence-corrected chi connectivity index (χ1v) is 6.73. The standard InChI is InChI=1S/C15H20N2O3/c1-3-4-12(9-19-2)17-15(18)14-8-10-7-11(16)5-6-13(10)20-14/h5-8,12H,3-4,9,16H2,1-2H3,(H,17,18). The first-order valence-electron chi connectivity index (χ1n) is 6.73. The predicted octanol–water partition coefficient (Wildman–Crippen LogP) is 2.56. The molecular weight excluding hydrogens is 256 g/mol.